The normalized spacial score (nSPS) is 11.4. The first-order valence-corrected chi connectivity index (χ1v) is 4.24. The molecular weight excluding hydrogens is 166 g/mol. The summed E-state index contributed by atoms with van der Waals surface area (Å²) in [5, 5.41) is 8.79. The van der Waals surface area contributed by atoms with Gasteiger partial charge < -0.3 is 0 Å². The molecule has 2 N–H and O–H groups in total. The van der Waals surface area contributed by atoms with E-state index in [0.29, 0.717) is 18.1 Å². The number of nitrogens with zero attached hydrogens (tertiary/aromatic N) is 2. The molecule has 4 heteroatoms. The van der Waals surface area contributed by atoms with Gasteiger partial charge in [0.1, 0.15) is 5.69 Å². The van der Waals surface area contributed by atoms with E-state index in [1.807, 2.05) is 24.5 Å². The van der Waals surface area contributed by atoms with Crippen molar-refractivity contribution in [3.8, 4) is 0 Å². The second kappa shape index (κ2) is 5.27. The second-order valence-corrected chi connectivity index (χ2v) is 2.56. The maximum atomic E-state index is 8.79. The van der Waals surface area contributed by atoms with Crippen molar-refractivity contribution in [3.05, 3.63) is 30.1 Å². The van der Waals surface area contributed by atoms with E-state index in [4.69, 9.17) is 5.21 Å². The third kappa shape index (κ3) is 2.83. The Morgan fingerprint density at radius 2 is 2.46 bits per heavy atom. The van der Waals surface area contributed by atoms with Crippen LogP contribution in [0.5, 0.6) is 0 Å². The number of aromatic nitrogens is 1. The van der Waals surface area contributed by atoms with Crippen LogP contribution in [0.25, 0.3) is 0 Å². The van der Waals surface area contributed by atoms with Crippen molar-refractivity contribution in [3.63, 3.8) is 0 Å². The fourth-order valence-corrected chi connectivity index (χ4v) is 0.900. The van der Waals surface area contributed by atoms with E-state index in [0.717, 1.165) is 6.42 Å². The van der Waals surface area contributed by atoms with Gasteiger partial charge in [-0.3, -0.25) is 20.7 Å². The quantitative estimate of drug-likeness (QED) is 0.416. The van der Waals surface area contributed by atoms with Crippen LogP contribution in [0.2, 0.25) is 0 Å². The Labute approximate surface area is 77.3 Å². The minimum Gasteiger partial charge on any atom is -0.290 e. The lowest BCUT2D eigenvalue weighted by molar-refractivity contribution is 0.234. The molecule has 1 aromatic heterocycles. The molecule has 0 aromatic carbocycles. The fourth-order valence-electron chi connectivity index (χ4n) is 0.900. The molecule has 4 nitrogen and oxygen atoms in total. The summed E-state index contributed by atoms with van der Waals surface area (Å²) in [4.78, 5) is 8.17. The average molecular weight is 179 g/mol. The molecule has 1 rings (SSSR count). The molecule has 0 aliphatic rings. The highest BCUT2D eigenvalue weighted by molar-refractivity contribution is 5.96. The van der Waals surface area contributed by atoms with Gasteiger partial charge in [0.25, 0.3) is 0 Å². The van der Waals surface area contributed by atoms with E-state index in [1.54, 1.807) is 12.3 Å². The molecule has 1 heterocycles. The number of hydroxylamine groups is 1. The highest BCUT2D eigenvalue weighted by Crippen LogP contribution is 1.94. The monoisotopic (exact) mass is 179 g/mol. The van der Waals surface area contributed by atoms with Crippen molar-refractivity contribution in [1.29, 1.82) is 0 Å². The predicted octanol–water partition coefficient (Wildman–Crippen LogP) is 1.22. The van der Waals surface area contributed by atoms with E-state index >= 15 is 0 Å². The maximum absolute atomic E-state index is 8.79. The van der Waals surface area contributed by atoms with Crippen molar-refractivity contribution in [2.24, 2.45) is 4.99 Å². The molecule has 0 aliphatic carbocycles. The maximum Gasteiger partial charge on any atom is 0.171 e. The van der Waals surface area contributed by atoms with Gasteiger partial charge in [-0.05, 0) is 18.6 Å². The lowest BCUT2D eigenvalue weighted by atomic mass is 10.3. The van der Waals surface area contributed by atoms with Crippen LogP contribution < -0.4 is 5.48 Å². The van der Waals surface area contributed by atoms with Crippen molar-refractivity contribution < 1.29 is 5.21 Å². The molecule has 0 atom stereocenters. The lowest BCUT2D eigenvalue weighted by Crippen LogP contribution is -2.21. The predicted molar refractivity (Wildman–Crippen MR) is 50.9 cm³/mol. The molecule has 1 aromatic rings. The summed E-state index contributed by atoms with van der Waals surface area (Å²) in [6, 6.07) is 5.46. The Balaban J connectivity index is 2.78. The van der Waals surface area contributed by atoms with E-state index in [-0.39, 0.29) is 0 Å². The third-order valence-corrected chi connectivity index (χ3v) is 1.51. The Morgan fingerprint density at radius 3 is 3.00 bits per heavy atom. The number of aliphatic imine (C=N–C) groups is 1. The lowest BCUT2D eigenvalue weighted by Gasteiger charge is -2.02. The first kappa shape index (κ1) is 9.67. The zero-order chi connectivity index (χ0) is 9.52. The molecule has 13 heavy (non-hydrogen) atoms. The summed E-state index contributed by atoms with van der Waals surface area (Å²) in [7, 11) is 0. The molecule has 0 radical (unpaired) electrons. The van der Waals surface area contributed by atoms with Crippen LogP contribution in [-0.4, -0.2) is 22.6 Å². The number of amidine groups is 1. The van der Waals surface area contributed by atoms with Gasteiger partial charge in [-0.25, -0.2) is 0 Å². The molecule has 70 valence electrons. The number of nitrogens with one attached hydrogen (secondary N) is 1. The third-order valence-electron chi connectivity index (χ3n) is 1.51. The van der Waals surface area contributed by atoms with Crippen molar-refractivity contribution in [1.82, 2.24) is 10.5 Å². The summed E-state index contributed by atoms with van der Waals surface area (Å²) in [5.74, 6) is 0.419. The number of hydrogen-bond acceptors (Lipinski definition) is 3. The van der Waals surface area contributed by atoms with Crippen LogP contribution in [0.3, 0.4) is 0 Å². The standard InChI is InChI=1S/C9H13N3O/c1-2-6-11-9(12-13)8-5-3-4-7-10-8/h3-5,7,13H,2,6H2,1H3,(H,11,12). The van der Waals surface area contributed by atoms with Crippen LogP contribution in [0, 0.1) is 0 Å². The van der Waals surface area contributed by atoms with Crippen LogP contribution in [0.1, 0.15) is 19.0 Å². The first-order valence-electron chi connectivity index (χ1n) is 4.24. The zero-order valence-corrected chi connectivity index (χ0v) is 7.57. The SMILES string of the molecule is CCCN=C(NO)c1ccccn1. The van der Waals surface area contributed by atoms with Crippen LogP contribution in [0.15, 0.2) is 29.4 Å². The summed E-state index contributed by atoms with van der Waals surface area (Å²) in [6.07, 6.45) is 2.60. The molecular formula is C9H13N3O. The average Bonchev–Trinajstić information content (AvgIpc) is 2.21. The first-order chi connectivity index (χ1) is 6.38. The minimum atomic E-state index is 0.419. The van der Waals surface area contributed by atoms with Crippen LogP contribution in [-0.2, 0) is 0 Å². The van der Waals surface area contributed by atoms with Crippen molar-refractivity contribution >= 4 is 5.84 Å². The minimum absolute atomic E-state index is 0.419. The number of hydrogen-bond donors (Lipinski definition) is 2. The van der Waals surface area contributed by atoms with Gasteiger partial charge >= 0.3 is 0 Å². The Kier molecular flexibility index (Phi) is 3.92. The molecule has 0 saturated carbocycles. The van der Waals surface area contributed by atoms with Crippen LogP contribution >= 0.6 is 0 Å². The van der Waals surface area contributed by atoms with E-state index < -0.39 is 0 Å². The topological polar surface area (TPSA) is 57.5 Å². The summed E-state index contributed by atoms with van der Waals surface area (Å²) < 4.78 is 0. The van der Waals surface area contributed by atoms with E-state index in [9.17, 15) is 0 Å². The summed E-state index contributed by atoms with van der Waals surface area (Å²) >= 11 is 0. The van der Waals surface area contributed by atoms with Gasteiger partial charge in [0.2, 0.25) is 0 Å². The van der Waals surface area contributed by atoms with Crippen LogP contribution in [0.4, 0.5) is 0 Å². The largest absolute Gasteiger partial charge is 0.290 e. The Bertz CT molecular complexity index is 271. The molecule has 0 saturated heterocycles. The van der Waals surface area contributed by atoms with Gasteiger partial charge in [0.15, 0.2) is 5.84 Å². The molecule has 0 unspecified atom stereocenters. The summed E-state index contributed by atoms with van der Waals surface area (Å²) in [6.45, 7) is 2.70. The molecule has 0 aliphatic heterocycles. The molecule has 0 bridgehead atoms. The van der Waals surface area contributed by atoms with E-state index in [2.05, 4.69) is 9.98 Å². The molecule has 0 amide bonds. The Hall–Kier alpha value is -1.42. The molecule has 0 fully saturated rings. The number of rotatable bonds is 3. The van der Waals surface area contributed by atoms with Gasteiger partial charge in [-0.2, -0.15) is 0 Å². The van der Waals surface area contributed by atoms with Gasteiger partial charge in [0, 0.05) is 12.7 Å². The smallest absolute Gasteiger partial charge is 0.171 e. The van der Waals surface area contributed by atoms with Crippen molar-refractivity contribution in [2.45, 2.75) is 13.3 Å². The zero-order valence-electron chi connectivity index (χ0n) is 7.57. The van der Waals surface area contributed by atoms with Crippen molar-refractivity contribution in [2.75, 3.05) is 6.54 Å². The molecule has 0 spiro atoms. The number of pyridine rings is 1. The fraction of sp³-hybridized carbons (Fsp3) is 0.333. The van der Waals surface area contributed by atoms with E-state index in [1.165, 1.54) is 0 Å². The van der Waals surface area contributed by atoms with Gasteiger partial charge in [0.05, 0.1) is 0 Å². The van der Waals surface area contributed by atoms with Gasteiger partial charge in [-0.15, -0.1) is 0 Å². The summed E-state index contributed by atoms with van der Waals surface area (Å²) in [5.41, 5.74) is 2.69. The Morgan fingerprint density at radius 1 is 1.62 bits per heavy atom. The highest BCUT2D eigenvalue weighted by atomic mass is 16.5. The second-order valence-electron chi connectivity index (χ2n) is 2.56. The highest BCUT2D eigenvalue weighted by Gasteiger charge is 2.00. The van der Waals surface area contributed by atoms with Gasteiger partial charge in [-0.1, -0.05) is 13.0 Å².